The zero-order valence-corrected chi connectivity index (χ0v) is 22.7. The molecule has 2 saturated heterocycles. The van der Waals surface area contributed by atoms with Crippen molar-refractivity contribution >= 4 is 46.5 Å². The Balaban J connectivity index is 1.47. The first-order valence-electron chi connectivity index (χ1n) is 12.8. The number of hydrogen-bond acceptors (Lipinski definition) is 11. The number of hydrogen-bond donors (Lipinski definition) is 4. The van der Waals surface area contributed by atoms with Crippen molar-refractivity contribution in [2.24, 2.45) is 0 Å². The number of benzene rings is 1. The first kappa shape index (κ1) is 27.2. The highest BCUT2D eigenvalue weighted by atomic mass is 35.5. The average Bonchev–Trinajstić information content (AvgIpc) is 3.34. The summed E-state index contributed by atoms with van der Waals surface area (Å²) in [6.07, 6.45) is 0.993. The van der Waals surface area contributed by atoms with Gasteiger partial charge in [0.15, 0.2) is 17.2 Å². The molecule has 0 radical (unpaired) electrons. The number of piperidine rings is 1. The van der Waals surface area contributed by atoms with Crippen molar-refractivity contribution in [2.45, 2.75) is 31.5 Å². The highest BCUT2D eigenvalue weighted by Gasteiger charge is 2.37. The van der Waals surface area contributed by atoms with E-state index in [-0.39, 0.29) is 29.8 Å². The molecule has 5 rings (SSSR count). The number of likely N-dealkylation sites (N-methyl/N-ethyl adjacent to an activating group) is 1. The Hall–Kier alpha value is -4.37. The van der Waals surface area contributed by atoms with Crippen molar-refractivity contribution in [2.75, 3.05) is 55.4 Å². The minimum absolute atomic E-state index is 0.146. The molecule has 15 heteroatoms. The van der Waals surface area contributed by atoms with Gasteiger partial charge in [-0.1, -0.05) is 11.6 Å². The summed E-state index contributed by atoms with van der Waals surface area (Å²) < 4.78 is 6.69. The number of anilines is 4. The molecule has 14 nitrogen and oxygen atoms in total. The lowest BCUT2D eigenvalue weighted by atomic mass is 9.96. The maximum Gasteiger partial charge on any atom is 0.407 e. The zero-order chi connectivity index (χ0) is 28.4. The largest absolute Gasteiger partial charge is 0.465 e. The van der Waals surface area contributed by atoms with Crippen LogP contribution in [0.1, 0.15) is 24.6 Å². The smallest absolute Gasteiger partial charge is 0.407 e. The maximum absolute atomic E-state index is 11.7. The van der Waals surface area contributed by atoms with Gasteiger partial charge >= 0.3 is 6.09 Å². The molecule has 4 N–H and O–H groups in total. The van der Waals surface area contributed by atoms with Crippen LogP contribution in [-0.4, -0.2) is 93.7 Å². The van der Waals surface area contributed by atoms with Crippen LogP contribution in [-0.2, 0) is 4.74 Å². The third-order valence-electron chi connectivity index (χ3n) is 7.05. The van der Waals surface area contributed by atoms with Crippen LogP contribution in [0.5, 0.6) is 0 Å². The zero-order valence-electron chi connectivity index (χ0n) is 21.9. The van der Waals surface area contributed by atoms with Gasteiger partial charge in [0.25, 0.3) is 0 Å². The van der Waals surface area contributed by atoms with Crippen LogP contribution in [0.2, 0.25) is 5.02 Å². The van der Waals surface area contributed by atoms with Crippen LogP contribution in [0.25, 0.3) is 5.65 Å². The van der Waals surface area contributed by atoms with E-state index in [1.54, 1.807) is 19.2 Å². The molecule has 1 aromatic carbocycles. The fraction of sp³-hybridized carbons (Fsp3) is 0.440. The van der Waals surface area contributed by atoms with Crippen LogP contribution in [0.4, 0.5) is 27.9 Å². The molecule has 208 valence electrons. The second-order valence-corrected chi connectivity index (χ2v) is 9.98. The number of halogens is 1. The van der Waals surface area contributed by atoms with Crippen molar-refractivity contribution in [1.82, 2.24) is 29.8 Å². The van der Waals surface area contributed by atoms with E-state index in [9.17, 15) is 20.4 Å². The summed E-state index contributed by atoms with van der Waals surface area (Å²) in [7, 11) is 1.58. The molecule has 3 aromatic rings. The van der Waals surface area contributed by atoms with Gasteiger partial charge in [-0.25, -0.2) is 9.78 Å². The summed E-state index contributed by atoms with van der Waals surface area (Å²) in [4.78, 5) is 23.9. The average molecular weight is 566 g/mol. The number of ether oxygens (including phenoxy) is 1. The van der Waals surface area contributed by atoms with Crippen LogP contribution in [0.15, 0.2) is 18.3 Å². The molecule has 4 heterocycles. The highest BCUT2D eigenvalue weighted by molar-refractivity contribution is 6.36. The number of amides is 1. The molecule has 40 heavy (non-hydrogen) atoms. The minimum atomic E-state index is -0.988. The van der Waals surface area contributed by atoms with E-state index in [0.29, 0.717) is 72.7 Å². The quantitative estimate of drug-likeness (QED) is 0.313. The lowest BCUT2D eigenvalue weighted by Crippen LogP contribution is -2.64. The Morgan fingerprint density at radius 2 is 2.12 bits per heavy atom. The van der Waals surface area contributed by atoms with E-state index in [4.69, 9.17) is 16.3 Å². The van der Waals surface area contributed by atoms with Gasteiger partial charge in [-0.05, 0) is 25.5 Å². The van der Waals surface area contributed by atoms with Crippen LogP contribution in [0, 0.1) is 22.7 Å². The third kappa shape index (κ3) is 5.24. The summed E-state index contributed by atoms with van der Waals surface area (Å²) in [6, 6.07) is 7.30. The molecule has 2 fully saturated rings. The second-order valence-electron chi connectivity index (χ2n) is 9.60. The second kappa shape index (κ2) is 11.4. The number of imidazole rings is 1. The maximum atomic E-state index is 11.7. The molecule has 2 aromatic heterocycles. The Morgan fingerprint density at radius 3 is 2.77 bits per heavy atom. The van der Waals surface area contributed by atoms with Gasteiger partial charge in [-0.15, -0.1) is 5.10 Å². The Kier molecular flexibility index (Phi) is 7.75. The summed E-state index contributed by atoms with van der Waals surface area (Å²) >= 11 is 6.92. The van der Waals surface area contributed by atoms with Gasteiger partial charge in [0.05, 0.1) is 59.5 Å². The van der Waals surface area contributed by atoms with Crippen LogP contribution < -0.4 is 20.9 Å². The molecular weight excluding hydrogens is 538 g/mol. The Bertz CT molecular complexity index is 1510. The van der Waals surface area contributed by atoms with E-state index < -0.39 is 6.09 Å². The van der Waals surface area contributed by atoms with Crippen LogP contribution >= 0.6 is 11.6 Å². The SMILES string of the molecule is CCNc1nc(Nc2cc(C#N)cc(N3CC[C@@H](N(C)C(=O)O)[C@@H](NC4COC4)C3)c2Cl)nn2c(C#N)cnc12. The summed E-state index contributed by atoms with van der Waals surface area (Å²) in [5.74, 6) is 0.597. The molecule has 2 aliphatic rings. The Morgan fingerprint density at radius 1 is 1.32 bits per heavy atom. The fourth-order valence-electron chi connectivity index (χ4n) is 4.97. The number of rotatable bonds is 8. The molecule has 0 aliphatic carbocycles. The van der Waals surface area contributed by atoms with Crippen LogP contribution in [0.3, 0.4) is 0 Å². The lowest BCUT2D eigenvalue weighted by molar-refractivity contribution is -0.0155. The Labute approximate surface area is 235 Å². The number of nitrogens with one attached hydrogen (secondary N) is 3. The lowest BCUT2D eigenvalue weighted by Gasteiger charge is -2.45. The van der Waals surface area contributed by atoms with Crippen molar-refractivity contribution in [1.29, 1.82) is 10.5 Å². The predicted molar refractivity (Wildman–Crippen MR) is 147 cm³/mol. The van der Waals surface area contributed by atoms with E-state index in [1.165, 1.54) is 15.6 Å². The summed E-state index contributed by atoms with van der Waals surface area (Å²) in [5, 5.41) is 43.4. The van der Waals surface area contributed by atoms with Crippen molar-refractivity contribution in [3.63, 3.8) is 0 Å². The summed E-state index contributed by atoms with van der Waals surface area (Å²) in [5.41, 5.74) is 2.06. The van der Waals surface area contributed by atoms with E-state index >= 15 is 0 Å². The highest BCUT2D eigenvalue weighted by Crippen LogP contribution is 2.37. The van der Waals surface area contributed by atoms with Crippen molar-refractivity contribution in [3.8, 4) is 12.1 Å². The van der Waals surface area contributed by atoms with Gasteiger partial charge in [0.1, 0.15) is 6.07 Å². The standard InChI is InChI=1S/C25H28ClN11O3/c1-3-29-22-23-30-10-16(9-28)37(23)34-24(33-22)32-17-6-14(8-27)7-20(21(17)26)36-5-4-19(35(2)25(38)39)18(11-36)31-15-12-40-13-15/h6-7,10,15,18-19,31H,3-5,11-13H2,1-2H3,(H,38,39)(H2,29,32,33,34)/t18-,19+/m0/s1. The van der Waals surface area contributed by atoms with Gasteiger partial charge in [0.2, 0.25) is 5.95 Å². The molecule has 0 bridgehead atoms. The third-order valence-corrected chi connectivity index (χ3v) is 7.45. The number of carbonyl (C=O) groups is 1. The van der Waals surface area contributed by atoms with E-state index in [1.807, 2.05) is 6.92 Å². The van der Waals surface area contributed by atoms with Gasteiger partial charge in [-0.3, -0.25) is 0 Å². The van der Waals surface area contributed by atoms with E-state index in [0.717, 1.165) is 0 Å². The normalized spacial score (nSPS) is 19.0. The molecule has 1 amide bonds. The number of carboxylic acid groups (broad SMARTS) is 1. The number of nitriles is 2. The fourth-order valence-corrected chi connectivity index (χ4v) is 5.25. The first-order chi connectivity index (χ1) is 19.3. The molecule has 2 aliphatic heterocycles. The number of nitrogens with zero attached hydrogens (tertiary/aromatic N) is 8. The number of fused-ring (bicyclic) bond motifs is 1. The minimum Gasteiger partial charge on any atom is -0.465 e. The molecule has 2 atom stereocenters. The van der Waals surface area contributed by atoms with Crippen molar-refractivity contribution < 1.29 is 14.6 Å². The summed E-state index contributed by atoms with van der Waals surface area (Å²) in [6.45, 7) is 4.64. The van der Waals surface area contributed by atoms with E-state index in [2.05, 4.69) is 48.1 Å². The molecular formula is C25H28ClN11O3. The monoisotopic (exact) mass is 565 g/mol. The first-order valence-corrected chi connectivity index (χ1v) is 13.2. The van der Waals surface area contributed by atoms with Crippen molar-refractivity contribution in [3.05, 3.63) is 34.6 Å². The molecule has 0 saturated carbocycles. The van der Waals surface area contributed by atoms with Gasteiger partial charge in [0, 0.05) is 32.7 Å². The number of aromatic nitrogens is 4. The topological polar surface area (TPSA) is 180 Å². The van der Waals surface area contributed by atoms with Gasteiger partial charge < -0.3 is 35.6 Å². The van der Waals surface area contributed by atoms with Gasteiger partial charge in [-0.2, -0.15) is 20.0 Å². The molecule has 0 spiro atoms. The predicted octanol–water partition coefficient (Wildman–Crippen LogP) is 2.24. The molecule has 0 unspecified atom stereocenters.